The molecule has 1 saturated heterocycles. The second-order valence-corrected chi connectivity index (χ2v) is 11.2. The van der Waals surface area contributed by atoms with Gasteiger partial charge in [-0.3, -0.25) is 9.59 Å². The number of hydrogen-bond donors (Lipinski definition) is 1. The van der Waals surface area contributed by atoms with Crippen molar-refractivity contribution in [2.24, 2.45) is 24.8 Å². The summed E-state index contributed by atoms with van der Waals surface area (Å²) in [7, 11) is 2.01. The number of likely N-dealkylation sites (tertiary alicyclic amines) is 1. The van der Waals surface area contributed by atoms with Gasteiger partial charge in [-0.05, 0) is 86.1 Å². The van der Waals surface area contributed by atoms with Crippen molar-refractivity contribution >= 4 is 28.5 Å². The first-order valence-electron chi connectivity index (χ1n) is 13.5. The van der Waals surface area contributed by atoms with E-state index in [1.54, 1.807) is 30.5 Å². The second-order valence-electron chi connectivity index (χ2n) is 11.2. The van der Waals surface area contributed by atoms with Crippen LogP contribution in [0.1, 0.15) is 71.5 Å². The molecule has 1 aliphatic heterocycles. The van der Waals surface area contributed by atoms with Crippen molar-refractivity contribution < 1.29 is 9.59 Å². The van der Waals surface area contributed by atoms with Crippen LogP contribution in [0.5, 0.6) is 0 Å². The lowest BCUT2D eigenvalue weighted by Crippen LogP contribution is -2.42. The molecular weight excluding hydrogens is 462 g/mol. The molecule has 2 saturated carbocycles. The molecule has 2 aromatic heterocycles. The van der Waals surface area contributed by atoms with E-state index in [4.69, 9.17) is 5.26 Å². The highest BCUT2D eigenvalue weighted by molar-refractivity contribution is 6.06. The van der Waals surface area contributed by atoms with Crippen molar-refractivity contribution in [2.75, 3.05) is 18.4 Å². The van der Waals surface area contributed by atoms with Gasteiger partial charge in [0.15, 0.2) is 0 Å². The average molecular weight is 496 g/mol. The Morgan fingerprint density at radius 3 is 2.65 bits per heavy atom. The third kappa shape index (κ3) is 4.19. The van der Waals surface area contributed by atoms with Crippen LogP contribution in [0.4, 0.5) is 5.69 Å². The largest absolute Gasteiger partial charge is 0.342 e. The molecule has 0 spiro atoms. The van der Waals surface area contributed by atoms with Gasteiger partial charge in [0.1, 0.15) is 5.65 Å². The van der Waals surface area contributed by atoms with E-state index in [-0.39, 0.29) is 11.8 Å². The molecule has 1 N–H and O–H groups in total. The summed E-state index contributed by atoms with van der Waals surface area (Å²) in [6, 6.07) is 8.78. The standard InChI is InChI=1S/C30H33N5O2/c1-18-26(33-29(36)23-5-3-4-20(13-23)15-31)16-32-28-27(18)25(17-34(28)2)21-8-10-35(11-9-21)30(37)24-14-19-6-7-22(24)12-19/h3-5,13,16-17,19,21-22,24H,6-12,14H2,1-2H3,(H,33,36)/t19-,22+,24-/m1/s1. The predicted octanol–water partition coefficient (Wildman–Crippen LogP) is 5.15. The highest BCUT2D eigenvalue weighted by atomic mass is 16.2. The molecule has 3 fully saturated rings. The van der Waals surface area contributed by atoms with Gasteiger partial charge < -0.3 is 14.8 Å². The fraction of sp³-hybridized carbons (Fsp3) is 0.467. The number of nitrogens with one attached hydrogen (secondary N) is 1. The lowest BCUT2D eigenvalue weighted by atomic mass is 9.85. The number of benzene rings is 1. The summed E-state index contributed by atoms with van der Waals surface area (Å²) < 4.78 is 2.06. The summed E-state index contributed by atoms with van der Waals surface area (Å²) in [5.74, 6) is 2.16. The predicted molar refractivity (Wildman–Crippen MR) is 142 cm³/mol. The molecule has 0 unspecified atom stereocenters. The summed E-state index contributed by atoms with van der Waals surface area (Å²) in [6.45, 7) is 3.65. The average Bonchev–Trinajstić information content (AvgIpc) is 3.65. The van der Waals surface area contributed by atoms with E-state index in [1.165, 1.54) is 24.8 Å². The minimum absolute atomic E-state index is 0.258. The number of fused-ring (bicyclic) bond motifs is 3. The lowest BCUT2D eigenvalue weighted by molar-refractivity contribution is -0.138. The van der Waals surface area contributed by atoms with Gasteiger partial charge in [-0.1, -0.05) is 12.5 Å². The Morgan fingerprint density at radius 1 is 1.14 bits per heavy atom. The van der Waals surface area contributed by atoms with Crippen LogP contribution in [0, 0.1) is 36.0 Å². The highest BCUT2D eigenvalue weighted by Crippen LogP contribution is 2.49. The number of pyridine rings is 1. The summed E-state index contributed by atoms with van der Waals surface area (Å²) in [5, 5.41) is 13.3. The molecule has 3 atom stereocenters. The molecule has 2 amide bonds. The Bertz CT molecular complexity index is 1430. The Balaban J connectivity index is 1.21. The number of hydrogen-bond acceptors (Lipinski definition) is 4. The minimum atomic E-state index is -0.258. The Morgan fingerprint density at radius 2 is 1.95 bits per heavy atom. The molecule has 7 nitrogen and oxygen atoms in total. The van der Waals surface area contributed by atoms with Gasteiger partial charge in [0.2, 0.25) is 5.91 Å². The van der Waals surface area contributed by atoms with Gasteiger partial charge in [0, 0.05) is 43.2 Å². The fourth-order valence-electron chi connectivity index (χ4n) is 7.09. The number of rotatable bonds is 4. The Kier molecular flexibility index (Phi) is 5.98. The maximum Gasteiger partial charge on any atom is 0.255 e. The first-order valence-corrected chi connectivity index (χ1v) is 13.5. The number of nitrogens with zero attached hydrogens (tertiary/aromatic N) is 4. The summed E-state index contributed by atoms with van der Waals surface area (Å²) in [4.78, 5) is 33.0. The van der Waals surface area contributed by atoms with Gasteiger partial charge in [-0.15, -0.1) is 0 Å². The molecule has 7 heteroatoms. The van der Waals surface area contributed by atoms with E-state index >= 15 is 0 Å². The van der Waals surface area contributed by atoms with E-state index in [0.29, 0.717) is 34.6 Å². The number of aromatic nitrogens is 2. The van der Waals surface area contributed by atoms with Crippen molar-refractivity contribution in [3.8, 4) is 6.07 Å². The third-order valence-corrected chi connectivity index (χ3v) is 9.08. The molecule has 2 bridgehead atoms. The SMILES string of the molecule is Cc1c(NC(=O)c2cccc(C#N)c2)cnc2c1c(C1CCN(C(=O)[C@@H]3C[C@@H]4CC[C@H]3C4)CC1)cn2C. The van der Waals surface area contributed by atoms with Crippen molar-refractivity contribution in [1.82, 2.24) is 14.5 Å². The highest BCUT2D eigenvalue weighted by Gasteiger charge is 2.44. The zero-order chi connectivity index (χ0) is 25.7. The van der Waals surface area contributed by atoms with Gasteiger partial charge in [0.05, 0.1) is 23.5 Å². The summed E-state index contributed by atoms with van der Waals surface area (Å²) in [6.07, 6.45) is 10.7. The third-order valence-electron chi connectivity index (χ3n) is 9.08. The normalized spacial score (nSPS) is 23.4. The topological polar surface area (TPSA) is 91.0 Å². The number of carbonyl (C=O) groups is 2. The monoisotopic (exact) mass is 495 g/mol. The number of nitriles is 1. The molecule has 3 heterocycles. The molecule has 6 rings (SSSR count). The lowest BCUT2D eigenvalue weighted by Gasteiger charge is -2.35. The van der Waals surface area contributed by atoms with Crippen LogP contribution in [0.15, 0.2) is 36.7 Å². The van der Waals surface area contributed by atoms with Crippen molar-refractivity contribution in [3.05, 3.63) is 58.9 Å². The number of anilines is 1. The summed E-state index contributed by atoms with van der Waals surface area (Å²) in [5.41, 5.74) is 4.71. The Hall–Kier alpha value is -3.66. The van der Waals surface area contributed by atoms with Crippen LogP contribution in [-0.4, -0.2) is 39.4 Å². The van der Waals surface area contributed by atoms with Crippen LogP contribution in [0.3, 0.4) is 0 Å². The molecular formula is C30H33N5O2. The van der Waals surface area contributed by atoms with E-state index in [2.05, 4.69) is 32.0 Å². The molecule has 3 aliphatic rings. The fourth-order valence-corrected chi connectivity index (χ4v) is 7.09. The number of carbonyl (C=O) groups excluding carboxylic acids is 2. The van der Waals surface area contributed by atoms with E-state index < -0.39 is 0 Å². The van der Waals surface area contributed by atoms with Gasteiger partial charge >= 0.3 is 0 Å². The second kappa shape index (κ2) is 9.33. The molecule has 2 aliphatic carbocycles. The maximum absolute atomic E-state index is 13.3. The van der Waals surface area contributed by atoms with Crippen LogP contribution >= 0.6 is 0 Å². The number of amides is 2. The zero-order valence-electron chi connectivity index (χ0n) is 21.5. The van der Waals surface area contributed by atoms with Crippen molar-refractivity contribution in [1.29, 1.82) is 5.26 Å². The van der Waals surface area contributed by atoms with E-state index in [9.17, 15) is 9.59 Å². The maximum atomic E-state index is 13.3. The van der Waals surface area contributed by atoms with Crippen LogP contribution in [-0.2, 0) is 11.8 Å². The quantitative estimate of drug-likeness (QED) is 0.542. The first-order chi connectivity index (χ1) is 17.9. The first kappa shape index (κ1) is 23.7. The number of aryl methyl sites for hydroxylation is 2. The van der Waals surface area contributed by atoms with Gasteiger partial charge in [-0.25, -0.2) is 4.98 Å². The number of piperidine rings is 1. The van der Waals surface area contributed by atoms with Gasteiger partial charge in [0.25, 0.3) is 5.91 Å². The van der Waals surface area contributed by atoms with Crippen molar-refractivity contribution in [3.63, 3.8) is 0 Å². The van der Waals surface area contributed by atoms with Crippen molar-refractivity contribution in [2.45, 2.75) is 51.4 Å². The molecule has 1 aromatic carbocycles. The summed E-state index contributed by atoms with van der Waals surface area (Å²) >= 11 is 0. The van der Waals surface area contributed by atoms with Crippen LogP contribution in [0.25, 0.3) is 11.0 Å². The zero-order valence-corrected chi connectivity index (χ0v) is 21.5. The van der Waals surface area contributed by atoms with E-state index in [1.807, 2.05) is 14.0 Å². The molecule has 3 aromatic rings. The van der Waals surface area contributed by atoms with Crippen LogP contribution in [0.2, 0.25) is 0 Å². The van der Waals surface area contributed by atoms with Gasteiger partial charge in [-0.2, -0.15) is 5.26 Å². The molecule has 0 radical (unpaired) electrons. The minimum Gasteiger partial charge on any atom is -0.342 e. The molecule has 190 valence electrons. The Labute approximate surface area is 217 Å². The van der Waals surface area contributed by atoms with Crippen LogP contribution < -0.4 is 5.32 Å². The smallest absolute Gasteiger partial charge is 0.255 e. The van der Waals surface area contributed by atoms with E-state index in [0.717, 1.165) is 54.9 Å². The molecule has 37 heavy (non-hydrogen) atoms.